The summed E-state index contributed by atoms with van der Waals surface area (Å²) in [5.41, 5.74) is 14.3. The quantitative estimate of drug-likeness (QED) is 0.132. The van der Waals surface area contributed by atoms with E-state index in [1.165, 1.54) is 48.3 Å². The number of benzene rings is 2. The second kappa shape index (κ2) is 17.2. The van der Waals surface area contributed by atoms with E-state index in [4.69, 9.17) is 30.8 Å². The molecule has 0 amide bonds. The van der Waals surface area contributed by atoms with Gasteiger partial charge in [-0.15, -0.1) is 0 Å². The van der Waals surface area contributed by atoms with Crippen LogP contribution < -0.4 is 11.5 Å². The average Bonchev–Trinajstić information content (AvgIpc) is 3.60. The molecule has 6 atom stereocenters. The maximum absolute atomic E-state index is 10.8. The van der Waals surface area contributed by atoms with Crippen molar-refractivity contribution in [1.29, 1.82) is 0 Å². The lowest BCUT2D eigenvalue weighted by Crippen LogP contribution is -2.51. The molecule has 276 valence electrons. The molecular formula is C36H50N2O10S2. The van der Waals surface area contributed by atoms with Gasteiger partial charge in [0.15, 0.2) is 0 Å². The summed E-state index contributed by atoms with van der Waals surface area (Å²) in [6, 6.07) is 14.8. The number of fused-ring (bicyclic) bond motifs is 2. The summed E-state index contributed by atoms with van der Waals surface area (Å²) in [7, 11) is -8.01. The third kappa shape index (κ3) is 10.3. The molecule has 2 aromatic rings. The summed E-state index contributed by atoms with van der Waals surface area (Å²) in [6.45, 7) is 5.34. The third-order valence-corrected chi connectivity index (χ3v) is 12.2. The smallest absolute Gasteiger partial charge is 0.303 e. The molecule has 0 unspecified atom stereocenters. The largest absolute Gasteiger partial charge is 0.481 e. The Balaban J connectivity index is 0.000000184. The van der Waals surface area contributed by atoms with Crippen LogP contribution in [-0.2, 0) is 29.8 Å². The molecule has 8 N–H and O–H groups in total. The van der Waals surface area contributed by atoms with Crippen molar-refractivity contribution in [3.8, 4) is 0 Å². The minimum absolute atomic E-state index is 0.0741. The Labute approximate surface area is 295 Å². The van der Waals surface area contributed by atoms with E-state index in [-0.39, 0.29) is 33.5 Å². The van der Waals surface area contributed by atoms with Gasteiger partial charge in [0, 0.05) is 0 Å². The summed E-state index contributed by atoms with van der Waals surface area (Å²) in [5, 5.41) is 17.8. The number of allylic oxidation sites excluding steroid dienone is 4. The van der Waals surface area contributed by atoms with Gasteiger partial charge < -0.3 is 21.7 Å². The van der Waals surface area contributed by atoms with Crippen LogP contribution in [0.5, 0.6) is 0 Å². The van der Waals surface area contributed by atoms with Crippen LogP contribution in [-0.4, -0.2) is 61.2 Å². The van der Waals surface area contributed by atoms with Crippen molar-refractivity contribution in [2.24, 2.45) is 46.0 Å². The first-order chi connectivity index (χ1) is 23.4. The predicted molar refractivity (Wildman–Crippen MR) is 189 cm³/mol. The van der Waals surface area contributed by atoms with Crippen molar-refractivity contribution in [2.75, 3.05) is 13.1 Å². The van der Waals surface area contributed by atoms with E-state index in [1.54, 1.807) is 36.4 Å². The number of carboxylic acid groups (broad SMARTS) is 2. The molecule has 0 bridgehead atoms. The first-order valence-corrected chi connectivity index (χ1v) is 19.6. The van der Waals surface area contributed by atoms with E-state index in [9.17, 15) is 26.4 Å². The molecule has 0 aliphatic heterocycles. The van der Waals surface area contributed by atoms with Crippen molar-refractivity contribution in [3.63, 3.8) is 0 Å². The van der Waals surface area contributed by atoms with Gasteiger partial charge in [0.1, 0.15) is 0 Å². The maximum Gasteiger partial charge on any atom is 0.303 e. The molecule has 14 heteroatoms. The second-order valence-corrected chi connectivity index (χ2v) is 16.4. The van der Waals surface area contributed by atoms with E-state index in [1.807, 2.05) is 0 Å². The number of rotatable bonds is 10. The lowest BCUT2D eigenvalue weighted by atomic mass is 9.53. The molecule has 0 spiro atoms. The molecule has 4 aliphatic rings. The molecule has 2 aromatic carbocycles. The van der Waals surface area contributed by atoms with Crippen LogP contribution in [0.15, 0.2) is 93.8 Å². The van der Waals surface area contributed by atoms with Crippen molar-refractivity contribution in [1.82, 2.24) is 0 Å². The molecule has 0 radical (unpaired) electrons. The van der Waals surface area contributed by atoms with E-state index < -0.39 is 32.2 Å². The SMILES string of the molecule is CCC1=C[C@@H]2[C@H](C1)C[C@]2(CN)CC(=O)O.CCC1=C[C@H]2[C@@H](C1)C[C@@]2(CN)CC(=O)O.O=S(=O)(O)c1ccccc1.O=S(=O)(O)c1ccccc1. The van der Waals surface area contributed by atoms with Crippen molar-refractivity contribution in [2.45, 2.75) is 75.0 Å². The highest BCUT2D eigenvalue weighted by molar-refractivity contribution is 7.86. The summed E-state index contributed by atoms with van der Waals surface area (Å²) >= 11 is 0. The van der Waals surface area contributed by atoms with Crippen LogP contribution in [0.3, 0.4) is 0 Å². The molecule has 50 heavy (non-hydrogen) atoms. The lowest BCUT2D eigenvalue weighted by molar-refractivity contribution is -0.145. The van der Waals surface area contributed by atoms with E-state index in [0.717, 1.165) is 25.7 Å². The Hall–Kier alpha value is -3.40. The molecular weight excluding hydrogens is 685 g/mol. The topological polar surface area (TPSA) is 235 Å². The summed E-state index contributed by atoms with van der Waals surface area (Å²) in [4.78, 5) is 21.5. The molecule has 6 rings (SSSR count). The molecule has 12 nitrogen and oxygen atoms in total. The normalized spacial score (nSPS) is 27.4. The third-order valence-electron chi connectivity index (χ3n) is 10.5. The molecule has 2 saturated carbocycles. The minimum Gasteiger partial charge on any atom is -0.481 e. The number of nitrogens with two attached hydrogens (primary N) is 2. The molecule has 0 saturated heterocycles. The number of hydrogen-bond donors (Lipinski definition) is 6. The first-order valence-electron chi connectivity index (χ1n) is 16.7. The van der Waals surface area contributed by atoms with E-state index >= 15 is 0 Å². The fraction of sp³-hybridized carbons (Fsp3) is 0.500. The minimum atomic E-state index is -4.00. The van der Waals surface area contributed by atoms with E-state index in [2.05, 4.69) is 26.0 Å². The van der Waals surface area contributed by atoms with Gasteiger partial charge in [-0.3, -0.25) is 18.7 Å². The monoisotopic (exact) mass is 734 g/mol. The lowest BCUT2D eigenvalue weighted by Gasteiger charge is -2.51. The van der Waals surface area contributed by atoms with Crippen LogP contribution >= 0.6 is 0 Å². The Morgan fingerprint density at radius 1 is 0.660 bits per heavy atom. The van der Waals surface area contributed by atoms with Crippen molar-refractivity contribution < 1.29 is 45.7 Å². The second-order valence-electron chi connectivity index (χ2n) is 13.6. The summed E-state index contributed by atoms with van der Waals surface area (Å²) < 4.78 is 58.5. The zero-order valence-electron chi connectivity index (χ0n) is 28.5. The number of aliphatic carboxylic acids is 2. The first kappa shape index (κ1) is 41.0. The summed E-state index contributed by atoms with van der Waals surface area (Å²) in [6.07, 6.45) is 11.6. The molecule has 4 aliphatic carbocycles. The Kier molecular flexibility index (Phi) is 14.1. The predicted octanol–water partition coefficient (Wildman–Crippen LogP) is 5.43. The van der Waals surface area contributed by atoms with Gasteiger partial charge in [-0.05, 0) is 110 Å². The molecule has 0 aromatic heterocycles. The zero-order valence-corrected chi connectivity index (χ0v) is 30.2. The van der Waals surface area contributed by atoms with Crippen LogP contribution in [0.4, 0.5) is 0 Å². The zero-order chi connectivity index (χ0) is 37.3. The Bertz CT molecular complexity index is 1620. The average molecular weight is 735 g/mol. The van der Waals surface area contributed by atoms with Gasteiger partial charge in [-0.25, -0.2) is 0 Å². The number of carbonyl (C=O) groups is 2. The van der Waals surface area contributed by atoms with Gasteiger partial charge >= 0.3 is 11.9 Å². The van der Waals surface area contributed by atoms with E-state index in [0.29, 0.717) is 36.8 Å². The molecule has 0 heterocycles. The van der Waals surface area contributed by atoms with Gasteiger partial charge in [0.25, 0.3) is 20.2 Å². The van der Waals surface area contributed by atoms with Crippen LogP contribution in [0.25, 0.3) is 0 Å². The van der Waals surface area contributed by atoms with Gasteiger partial charge in [0.2, 0.25) is 0 Å². The van der Waals surface area contributed by atoms with Gasteiger partial charge in [-0.1, -0.05) is 73.5 Å². The highest BCUT2D eigenvalue weighted by Crippen LogP contribution is 2.60. The number of carboxylic acids is 2. The molecule has 2 fully saturated rings. The summed E-state index contributed by atoms with van der Waals surface area (Å²) in [5.74, 6) is 0.822. The Morgan fingerprint density at radius 3 is 1.20 bits per heavy atom. The van der Waals surface area contributed by atoms with Crippen molar-refractivity contribution in [3.05, 3.63) is 84.0 Å². The standard InChI is InChI=1S/2C12H19NO2.2C6H6O3S/c2*1-2-8-3-9-5-12(7-13,6-11(14)15)10(9)4-8;2*7-10(8,9)6-4-2-1-3-5-6/h2*4,9-10H,2-3,5-7,13H2,1H3,(H,14,15);2*1-5H,(H,7,8,9)/t2*9-,10-,12-;;/m10../s1. The Morgan fingerprint density at radius 2 is 0.980 bits per heavy atom. The maximum atomic E-state index is 10.8. The van der Waals surface area contributed by atoms with Crippen LogP contribution in [0.1, 0.15) is 65.2 Å². The number of hydrogen-bond acceptors (Lipinski definition) is 8. The highest BCUT2D eigenvalue weighted by atomic mass is 32.2. The van der Waals surface area contributed by atoms with Gasteiger partial charge in [0.05, 0.1) is 22.6 Å². The highest BCUT2D eigenvalue weighted by Gasteiger charge is 2.55. The van der Waals surface area contributed by atoms with Crippen LogP contribution in [0, 0.1) is 34.5 Å². The van der Waals surface area contributed by atoms with Gasteiger partial charge in [-0.2, -0.15) is 16.8 Å². The van der Waals surface area contributed by atoms with Crippen LogP contribution in [0.2, 0.25) is 0 Å². The fourth-order valence-electron chi connectivity index (χ4n) is 7.87. The van der Waals surface area contributed by atoms with Crippen molar-refractivity contribution >= 4 is 32.2 Å². The fourth-order valence-corrected chi connectivity index (χ4v) is 8.87.